The summed E-state index contributed by atoms with van der Waals surface area (Å²) in [5.41, 5.74) is 3.52. The van der Waals surface area contributed by atoms with E-state index in [9.17, 15) is 9.90 Å². The predicted molar refractivity (Wildman–Crippen MR) is 97.6 cm³/mol. The molecule has 0 aliphatic heterocycles. The molecule has 6 heteroatoms. The van der Waals surface area contributed by atoms with E-state index in [0.717, 1.165) is 10.0 Å². The third-order valence-electron chi connectivity index (χ3n) is 3.02. The Bertz CT molecular complexity index is 745. The maximum Gasteiger partial charge on any atom is 0.271 e. The molecule has 0 aliphatic rings. The first kappa shape index (κ1) is 18.0. The third kappa shape index (κ3) is 5.38. The molecule has 0 spiro atoms. The molecule has 126 valence electrons. The third-order valence-corrected chi connectivity index (χ3v) is 3.52. The average molecular weight is 391 g/mol. The zero-order chi connectivity index (χ0) is 17.5. The van der Waals surface area contributed by atoms with Crippen molar-refractivity contribution in [2.45, 2.75) is 13.8 Å². The van der Waals surface area contributed by atoms with Crippen molar-refractivity contribution in [2.75, 3.05) is 6.61 Å². The molecule has 0 heterocycles. The van der Waals surface area contributed by atoms with Crippen molar-refractivity contribution in [1.29, 1.82) is 0 Å². The van der Waals surface area contributed by atoms with E-state index in [4.69, 9.17) is 4.74 Å². The summed E-state index contributed by atoms with van der Waals surface area (Å²) in [7, 11) is 0. The molecule has 0 fully saturated rings. The van der Waals surface area contributed by atoms with Crippen LogP contribution in [-0.4, -0.2) is 23.8 Å². The molecule has 1 amide bonds. The van der Waals surface area contributed by atoms with Gasteiger partial charge in [0.25, 0.3) is 5.91 Å². The molecule has 24 heavy (non-hydrogen) atoms. The second-order valence-electron chi connectivity index (χ2n) is 5.64. The van der Waals surface area contributed by atoms with Crippen molar-refractivity contribution in [2.24, 2.45) is 11.0 Å². The van der Waals surface area contributed by atoms with Crippen LogP contribution < -0.4 is 10.2 Å². The van der Waals surface area contributed by atoms with Crippen LogP contribution >= 0.6 is 15.9 Å². The predicted octanol–water partition coefficient (Wildman–Crippen LogP) is 3.95. The van der Waals surface area contributed by atoms with Crippen molar-refractivity contribution in [1.82, 2.24) is 5.43 Å². The first-order valence-electron chi connectivity index (χ1n) is 7.50. The molecule has 0 radical (unpaired) electrons. The Labute approximate surface area is 149 Å². The number of hydrogen-bond donors (Lipinski definition) is 2. The largest absolute Gasteiger partial charge is 0.508 e. The van der Waals surface area contributed by atoms with E-state index in [1.54, 1.807) is 12.1 Å². The summed E-state index contributed by atoms with van der Waals surface area (Å²) in [5, 5.41) is 13.4. The molecule has 0 atom stereocenters. The molecule has 2 aromatic carbocycles. The number of amides is 1. The summed E-state index contributed by atoms with van der Waals surface area (Å²) in [4.78, 5) is 12.0. The molecular formula is C18H19BrN2O3. The van der Waals surface area contributed by atoms with Crippen LogP contribution in [-0.2, 0) is 0 Å². The van der Waals surface area contributed by atoms with Gasteiger partial charge in [-0.25, -0.2) is 5.43 Å². The lowest BCUT2D eigenvalue weighted by Crippen LogP contribution is -2.17. The number of nitrogens with zero attached hydrogens (tertiary/aromatic N) is 1. The molecule has 0 saturated heterocycles. The first-order chi connectivity index (χ1) is 11.5. The Morgan fingerprint density at radius 1 is 1.33 bits per heavy atom. The summed E-state index contributed by atoms with van der Waals surface area (Å²) in [6.45, 7) is 4.74. The van der Waals surface area contributed by atoms with Gasteiger partial charge in [-0.05, 0) is 42.3 Å². The summed E-state index contributed by atoms with van der Waals surface area (Å²) >= 11 is 3.41. The van der Waals surface area contributed by atoms with Crippen LogP contribution in [0.2, 0.25) is 0 Å². The molecule has 0 aromatic heterocycles. The monoisotopic (exact) mass is 390 g/mol. The Morgan fingerprint density at radius 2 is 2.12 bits per heavy atom. The average Bonchev–Trinajstić information content (AvgIpc) is 2.53. The number of rotatable bonds is 6. The van der Waals surface area contributed by atoms with Crippen LogP contribution in [0, 0.1) is 5.92 Å². The second kappa shape index (κ2) is 8.49. The number of hydrazone groups is 1. The fourth-order valence-electron chi connectivity index (χ4n) is 1.88. The quantitative estimate of drug-likeness (QED) is 0.579. The van der Waals surface area contributed by atoms with Crippen molar-refractivity contribution < 1.29 is 14.6 Å². The number of aromatic hydroxyl groups is 1. The minimum absolute atomic E-state index is 0.0305. The van der Waals surface area contributed by atoms with Gasteiger partial charge in [0.1, 0.15) is 11.5 Å². The SMILES string of the molecule is CC(C)COc1ccc(Br)cc1/C=N/NC(=O)c1cccc(O)c1. The standard InChI is InChI=1S/C18H19BrN2O3/c1-12(2)11-24-17-7-6-15(19)8-14(17)10-20-21-18(23)13-4-3-5-16(22)9-13/h3-10,12,22H,11H2,1-2H3,(H,21,23)/b20-10+. The zero-order valence-electron chi connectivity index (χ0n) is 13.5. The van der Waals surface area contributed by atoms with Crippen molar-refractivity contribution in [3.63, 3.8) is 0 Å². The number of hydrogen-bond acceptors (Lipinski definition) is 4. The molecule has 0 bridgehead atoms. The van der Waals surface area contributed by atoms with Crippen molar-refractivity contribution >= 4 is 28.1 Å². The number of halogens is 1. The Morgan fingerprint density at radius 3 is 2.83 bits per heavy atom. The minimum atomic E-state index is -0.401. The molecule has 2 aromatic rings. The molecule has 0 unspecified atom stereocenters. The van der Waals surface area contributed by atoms with E-state index >= 15 is 0 Å². The fraction of sp³-hybridized carbons (Fsp3) is 0.222. The number of ether oxygens (including phenoxy) is 1. The Kier molecular flexibility index (Phi) is 6.37. The van der Waals surface area contributed by atoms with E-state index in [1.807, 2.05) is 18.2 Å². The van der Waals surface area contributed by atoms with Gasteiger partial charge >= 0.3 is 0 Å². The maximum atomic E-state index is 12.0. The number of phenolic OH excluding ortho intramolecular Hbond substituents is 1. The second-order valence-corrected chi connectivity index (χ2v) is 6.55. The van der Waals surface area contributed by atoms with Crippen LogP contribution in [0.5, 0.6) is 11.5 Å². The highest BCUT2D eigenvalue weighted by molar-refractivity contribution is 9.10. The van der Waals surface area contributed by atoms with Gasteiger partial charge in [0.15, 0.2) is 0 Å². The van der Waals surface area contributed by atoms with Crippen LogP contribution in [0.25, 0.3) is 0 Å². The maximum absolute atomic E-state index is 12.0. The lowest BCUT2D eigenvalue weighted by Gasteiger charge is -2.11. The molecule has 5 nitrogen and oxygen atoms in total. The zero-order valence-corrected chi connectivity index (χ0v) is 15.1. The first-order valence-corrected chi connectivity index (χ1v) is 8.30. The van der Waals surface area contributed by atoms with E-state index in [-0.39, 0.29) is 5.75 Å². The van der Waals surface area contributed by atoms with E-state index in [0.29, 0.717) is 23.8 Å². The van der Waals surface area contributed by atoms with Crippen LogP contribution in [0.4, 0.5) is 0 Å². The van der Waals surface area contributed by atoms with Gasteiger partial charge in [-0.3, -0.25) is 4.79 Å². The van der Waals surface area contributed by atoms with Crippen molar-refractivity contribution in [3.05, 3.63) is 58.1 Å². The van der Waals surface area contributed by atoms with E-state index in [2.05, 4.69) is 40.3 Å². The van der Waals surface area contributed by atoms with Gasteiger partial charge in [0, 0.05) is 15.6 Å². The molecular weight excluding hydrogens is 372 g/mol. The van der Waals surface area contributed by atoms with Crippen LogP contribution in [0.3, 0.4) is 0 Å². The van der Waals surface area contributed by atoms with Gasteiger partial charge in [0.05, 0.1) is 12.8 Å². The van der Waals surface area contributed by atoms with Crippen molar-refractivity contribution in [3.8, 4) is 11.5 Å². The number of carbonyl (C=O) groups excluding carboxylic acids is 1. The highest BCUT2D eigenvalue weighted by Crippen LogP contribution is 2.22. The smallest absolute Gasteiger partial charge is 0.271 e. The summed E-state index contributed by atoms with van der Waals surface area (Å²) in [6.07, 6.45) is 1.53. The number of benzene rings is 2. The topological polar surface area (TPSA) is 70.9 Å². The highest BCUT2D eigenvalue weighted by atomic mass is 79.9. The number of carbonyl (C=O) groups is 1. The molecule has 2 N–H and O–H groups in total. The normalized spacial score (nSPS) is 11.0. The number of phenols is 1. The highest BCUT2D eigenvalue weighted by Gasteiger charge is 2.06. The minimum Gasteiger partial charge on any atom is -0.508 e. The lowest BCUT2D eigenvalue weighted by molar-refractivity contribution is 0.0954. The van der Waals surface area contributed by atoms with Gasteiger partial charge in [0.2, 0.25) is 0 Å². The molecule has 0 saturated carbocycles. The van der Waals surface area contributed by atoms with Crippen LogP contribution in [0.1, 0.15) is 29.8 Å². The van der Waals surface area contributed by atoms with Gasteiger partial charge in [-0.2, -0.15) is 5.10 Å². The Hall–Kier alpha value is -2.34. The molecule has 2 rings (SSSR count). The lowest BCUT2D eigenvalue weighted by atomic mass is 10.2. The van der Waals surface area contributed by atoms with Crippen LogP contribution in [0.15, 0.2) is 52.0 Å². The van der Waals surface area contributed by atoms with E-state index in [1.165, 1.54) is 18.3 Å². The number of nitrogens with one attached hydrogen (secondary N) is 1. The summed E-state index contributed by atoms with van der Waals surface area (Å²) in [5.74, 6) is 0.732. The van der Waals surface area contributed by atoms with Gasteiger partial charge in [-0.1, -0.05) is 35.8 Å². The van der Waals surface area contributed by atoms with E-state index < -0.39 is 5.91 Å². The molecule has 0 aliphatic carbocycles. The summed E-state index contributed by atoms with van der Waals surface area (Å²) in [6, 6.07) is 11.7. The van der Waals surface area contributed by atoms with Gasteiger partial charge in [-0.15, -0.1) is 0 Å². The Balaban J connectivity index is 2.07. The fourth-order valence-corrected chi connectivity index (χ4v) is 2.26. The summed E-state index contributed by atoms with van der Waals surface area (Å²) < 4.78 is 6.64. The van der Waals surface area contributed by atoms with Gasteiger partial charge < -0.3 is 9.84 Å².